The van der Waals surface area contributed by atoms with Gasteiger partial charge in [-0.25, -0.2) is 9.78 Å². The SMILES string of the molecule is CC[C@H]1OC(=O)[C@H](C)C(=O)[C@@H](C)[C@@H](O[C@@H]2O[C@H](C)CC(N(C)C)C2O)[C@](C)(OC)C[C@@H](C)CN(C(C)=O)[C@H](C)[C@H]2N(CCCCn3cc(-c4nccs4)nn3)C(=O)O[C@]12C. The Bertz CT molecular complexity index is 1780. The average molecular weight is 862 g/mol. The first-order chi connectivity index (χ1) is 28.3. The summed E-state index contributed by atoms with van der Waals surface area (Å²) in [5.41, 5.74) is -1.86. The molecule has 0 radical (unpaired) electrons. The van der Waals surface area contributed by atoms with Gasteiger partial charge in [-0.05, 0) is 86.7 Å². The van der Waals surface area contributed by atoms with Gasteiger partial charge in [0.25, 0.3) is 0 Å². The topological polar surface area (TPSA) is 188 Å². The van der Waals surface area contributed by atoms with E-state index in [-0.39, 0.29) is 36.9 Å². The summed E-state index contributed by atoms with van der Waals surface area (Å²) in [4.78, 5) is 65.9. The van der Waals surface area contributed by atoms with Gasteiger partial charge < -0.3 is 38.6 Å². The summed E-state index contributed by atoms with van der Waals surface area (Å²) in [5.74, 6) is -3.81. The molecule has 2 unspecified atom stereocenters. The fraction of sp³-hybridized carbons (Fsp3) is 0.786. The number of carbonyl (C=O) groups is 4. The third-order valence-electron chi connectivity index (χ3n) is 12.9. The molecule has 17 nitrogen and oxygen atoms in total. The molecule has 13 atom stereocenters. The van der Waals surface area contributed by atoms with Gasteiger partial charge in [0.05, 0.1) is 36.1 Å². The minimum Gasteiger partial charge on any atom is -0.458 e. The van der Waals surface area contributed by atoms with Crippen LogP contribution >= 0.6 is 11.3 Å². The Labute approximate surface area is 358 Å². The monoisotopic (exact) mass is 861 g/mol. The molecule has 2 aromatic heterocycles. The van der Waals surface area contributed by atoms with Crippen LogP contribution in [0.1, 0.15) is 94.4 Å². The molecule has 3 saturated heterocycles. The first-order valence-electron chi connectivity index (χ1n) is 21.3. The van der Waals surface area contributed by atoms with Crippen molar-refractivity contribution in [2.75, 3.05) is 34.3 Å². The van der Waals surface area contributed by atoms with Gasteiger partial charge in [0, 0.05) is 57.2 Å². The number of esters is 1. The maximum absolute atomic E-state index is 14.5. The highest BCUT2D eigenvalue weighted by atomic mass is 32.1. The van der Waals surface area contributed by atoms with E-state index in [2.05, 4.69) is 15.3 Å². The smallest absolute Gasteiger partial charge is 0.410 e. The lowest BCUT2D eigenvalue weighted by atomic mass is 9.78. The van der Waals surface area contributed by atoms with Gasteiger partial charge in [-0.3, -0.25) is 24.0 Å². The largest absolute Gasteiger partial charge is 0.458 e. The summed E-state index contributed by atoms with van der Waals surface area (Å²) in [5, 5.41) is 22.6. The lowest BCUT2D eigenvalue weighted by Crippen LogP contribution is -2.62. The zero-order valence-electron chi connectivity index (χ0n) is 37.4. The van der Waals surface area contributed by atoms with Gasteiger partial charge in [-0.2, -0.15) is 0 Å². The Kier molecular flexibility index (Phi) is 15.6. The van der Waals surface area contributed by atoms with Crippen molar-refractivity contribution in [1.82, 2.24) is 34.7 Å². The number of Topliss-reactive ketones (excluding diaryl/α,β-unsaturated/α-hetero) is 1. The molecule has 0 aliphatic carbocycles. The van der Waals surface area contributed by atoms with Gasteiger partial charge in [0.2, 0.25) is 5.91 Å². The molecule has 3 aliphatic rings. The summed E-state index contributed by atoms with van der Waals surface area (Å²) in [6, 6.07) is -1.58. The Morgan fingerprint density at radius 3 is 2.42 bits per heavy atom. The van der Waals surface area contributed by atoms with Crippen LogP contribution in [0.15, 0.2) is 17.8 Å². The van der Waals surface area contributed by atoms with E-state index in [4.69, 9.17) is 23.7 Å². The number of thiazole rings is 1. The van der Waals surface area contributed by atoms with Crippen molar-refractivity contribution in [1.29, 1.82) is 0 Å². The molecule has 2 amide bonds. The number of rotatable bonds is 11. The number of nitrogens with zero attached hydrogens (tertiary/aromatic N) is 7. The van der Waals surface area contributed by atoms with E-state index in [1.54, 1.807) is 41.6 Å². The molecule has 336 valence electrons. The molecule has 0 bridgehead atoms. The quantitative estimate of drug-likeness (QED) is 0.190. The number of ether oxygens (including phenoxy) is 5. The molecule has 60 heavy (non-hydrogen) atoms. The van der Waals surface area contributed by atoms with Crippen molar-refractivity contribution in [2.45, 2.75) is 161 Å². The number of methoxy groups -OCH3 is 1. The number of cyclic esters (lactones) is 1. The summed E-state index contributed by atoms with van der Waals surface area (Å²) >= 11 is 1.48. The molecule has 3 aliphatic heterocycles. The molecule has 1 N–H and O–H groups in total. The number of aliphatic hydroxyl groups excluding tert-OH is 1. The van der Waals surface area contributed by atoms with Crippen molar-refractivity contribution < 1.29 is 48.0 Å². The lowest BCUT2D eigenvalue weighted by molar-refractivity contribution is -0.295. The number of aliphatic hydroxyl groups is 1. The van der Waals surface area contributed by atoms with Crippen LogP contribution in [0.3, 0.4) is 0 Å². The number of likely N-dealkylation sites (N-methyl/N-ethyl adjacent to an activating group) is 1. The number of fused-ring (bicyclic) bond motifs is 1. The van der Waals surface area contributed by atoms with Gasteiger partial charge >= 0.3 is 12.1 Å². The average Bonchev–Trinajstić information content (AvgIpc) is 3.96. The van der Waals surface area contributed by atoms with Gasteiger partial charge in [0.1, 0.15) is 28.8 Å². The fourth-order valence-corrected chi connectivity index (χ4v) is 10.2. The van der Waals surface area contributed by atoms with Crippen molar-refractivity contribution in [3.63, 3.8) is 0 Å². The second kappa shape index (κ2) is 19.7. The van der Waals surface area contributed by atoms with Crippen LogP contribution in [0, 0.1) is 17.8 Å². The first-order valence-corrected chi connectivity index (χ1v) is 22.2. The molecule has 2 aromatic rings. The third kappa shape index (κ3) is 10.0. The lowest BCUT2D eigenvalue weighted by Gasteiger charge is -2.47. The molecule has 5 rings (SSSR count). The van der Waals surface area contributed by atoms with Crippen LogP contribution in [0.25, 0.3) is 10.7 Å². The van der Waals surface area contributed by atoms with E-state index < -0.39 is 77.6 Å². The Morgan fingerprint density at radius 1 is 1.10 bits per heavy atom. The number of aromatic nitrogens is 4. The maximum Gasteiger partial charge on any atom is 0.410 e. The van der Waals surface area contributed by atoms with Crippen LogP contribution < -0.4 is 0 Å². The number of hydrogen-bond donors (Lipinski definition) is 1. The van der Waals surface area contributed by atoms with E-state index in [1.807, 2.05) is 65.2 Å². The van der Waals surface area contributed by atoms with Crippen LogP contribution in [0.5, 0.6) is 0 Å². The number of ketones is 1. The minimum absolute atomic E-state index is 0.209. The van der Waals surface area contributed by atoms with E-state index in [1.165, 1.54) is 25.2 Å². The normalized spacial score (nSPS) is 36.1. The van der Waals surface area contributed by atoms with E-state index in [0.717, 1.165) is 5.01 Å². The van der Waals surface area contributed by atoms with Crippen molar-refractivity contribution >= 4 is 35.1 Å². The molecule has 0 aromatic carbocycles. The summed E-state index contributed by atoms with van der Waals surface area (Å²) in [6.07, 6.45) is 1.08. The standard InChI is InChI=1S/C42H67N7O10S/c1-13-32-42(9)35(48(40(54)59-42)18-15-14-17-47-23-30(44-45-47)37-43-16-19-60-37)28(6)49(29(7)50)22-24(2)21-41(8,55-12)36(26(4)33(51)27(5)38(53)57-32)58-39-34(52)31(46(10)11)20-25(3)56-39/h16,19,23-28,31-32,34-36,39,52H,13-15,17-18,20-22H2,1-12H3/t24-,25-,26-,27-,28-,31?,32-,34?,35-,36-,39+,41-,42-/m1/s1. The Morgan fingerprint density at radius 2 is 1.80 bits per heavy atom. The highest BCUT2D eigenvalue weighted by Crippen LogP contribution is 2.41. The molecule has 18 heteroatoms. The van der Waals surface area contributed by atoms with E-state index in [0.29, 0.717) is 44.5 Å². The number of aryl methyl sites for hydroxylation is 1. The predicted molar refractivity (Wildman–Crippen MR) is 223 cm³/mol. The molecule has 0 saturated carbocycles. The number of hydrogen-bond acceptors (Lipinski definition) is 15. The molecule has 5 heterocycles. The van der Waals surface area contributed by atoms with Crippen molar-refractivity contribution in [3.05, 3.63) is 17.8 Å². The van der Waals surface area contributed by atoms with E-state index in [9.17, 15) is 24.3 Å². The first kappa shape index (κ1) is 47.5. The minimum atomic E-state index is -1.39. The number of carbonyl (C=O) groups excluding carboxylic acids is 4. The van der Waals surface area contributed by atoms with Gasteiger partial charge in [-0.15, -0.1) is 16.4 Å². The fourth-order valence-electron chi connectivity index (χ4n) is 9.62. The second-order valence-electron chi connectivity index (χ2n) is 17.7. The molecular formula is C42H67N7O10S. The summed E-state index contributed by atoms with van der Waals surface area (Å²) in [7, 11) is 5.31. The van der Waals surface area contributed by atoms with Crippen LogP contribution in [0.4, 0.5) is 4.79 Å². The Balaban J connectivity index is 1.46. The maximum atomic E-state index is 14.5. The molecule has 0 spiro atoms. The second-order valence-corrected chi connectivity index (χ2v) is 18.6. The molecule has 3 fully saturated rings. The van der Waals surface area contributed by atoms with Crippen molar-refractivity contribution in [2.24, 2.45) is 17.8 Å². The Hall–Kier alpha value is -3.55. The third-order valence-corrected chi connectivity index (χ3v) is 13.7. The summed E-state index contributed by atoms with van der Waals surface area (Å²) < 4.78 is 33.3. The number of unbranched alkanes of at least 4 members (excludes halogenated alkanes) is 1. The van der Waals surface area contributed by atoms with Crippen LogP contribution in [0.2, 0.25) is 0 Å². The highest BCUT2D eigenvalue weighted by Gasteiger charge is 2.60. The van der Waals surface area contributed by atoms with Crippen LogP contribution in [-0.4, -0.2) is 158 Å². The highest BCUT2D eigenvalue weighted by molar-refractivity contribution is 7.13. The van der Waals surface area contributed by atoms with Crippen LogP contribution in [-0.2, 0) is 44.6 Å². The van der Waals surface area contributed by atoms with Crippen molar-refractivity contribution in [3.8, 4) is 10.7 Å². The number of amides is 2. The summed E-state index contributed by atoms with van der Waals surface area (Å²) in [6.45, 7) is 17.1. The predicted octanol–water partition coefficient (Wildman–Crippen LogP) is 4.42. The van der Waals surface area contributed by atoms with E-state index >= 15 is 0 Å². The van der Waals surface area contributed by atoms with Gasteiger partial charge in [-0.1, -0.05) is 26.0 Å². The molecular weight excluding hydrogens is 795 g/mol. The zero-order valence-corrected chi connectivity index (χ0v) is 38.2. The van der Waals surface area contributed by atoms with Gasteiger partial charge in [0.15, 0.2) is 17.7 Å². The zero-order chi connectivity index (χ0) is 44.3.